The van der Waals surface area contributed by atoms with Crippen LogP contribution in [0.5, 0.6) is 0 Å². The Kier molecular flexibility index (Phi) is 4.54. The molecule has 2 aliphatic rings. The molecule has 4 aromatic rings. The van der Waals surface area contributed by atoms with Crippen molar-refractivity contribution in [3.05, 3.63) is 52.6 Å². The highest BCUT2D eigenvalue weighted by Gasteiger charge is 2.28. The second-order valence-electron chi connectivity index (χ2n) is 8.19. The minimum absolute atomic E-state index is 0.0606. The summed E-state index contributed by atoms with van der Waals surface area (Å²) in [5.74, 6) is 7.54. The van der Waals surface area contributed by atoms with Gasteiger partial charge in [0.05, 0.1) is 17.8 Å². The van der Waals surface area contributed by atoms with Crippen LogP contribution in [0.3, 0.4) is 0 Å². The Morgan fingerprint density at radius 3 is 2.91 bits per heavy atom. The Hall–Kier alpha value is -4.26. The van der Waals surface area contributed by atoms with E-state index in [1.807, 2.05) is 40.5 Å². The van der Waals surface area contributed by atoms with Gasteiger partial charge >= 0.3 is 5.69 Å². The number of nitrogens with zero attached hydrogens (tertiary/aromatic N) is 8. The van der Waals surface area contributed by atoms with Gasteiger partial charge < -0.3 is 14.5 Å². The van der Waals surface area contributed by atoms with Crippen LogP contribution >= 0.6 is 0 Å². The maximum absolute atomic E-state index is 12.7. The average Bonchev–Trinajstić information content (AvgIpc) is 3.25. The number of piperidine rings is 1. The maximum atomic E-state index is 12.7. The van der Waals surface area contributed by atoms with E-state index in [-0.39, 0.29) is 11.7 Å². The molecule has 0 spiro atoms. The molecule has 33 heavy (non-hydrogen) atoms. The maximum Gasteiger partial charge on any atom is 0.326 e. The van der Waals surface area contributed by atoms with Crippen LogP contribution < -0.4 is 10.6 Å². The monoisotopic (exact) mass is 439 g/mol. The van der Waals surface area contributed by atoms with E-state index in [0.29, 0.717) is 17.9 Å². The van der Waals surface area contributed by atoms with E-state index in [1.165, 1.54) is 0 Å². The summed E-state index contributed by atoms with van der Waals surface area (Å²) >= 11 is 0. The molecule has 164 valence electrons. The van der Waals surface area contributed by atoms with Crippen LogP contribution in [0.2, 0.25) is 0 Å². The highest BCUT2D eigenvalue weighted by atomic mass is 16.1. The van der Waals surface area contributed by atoms with E-state index in [0.717, 1.165) is 54.3 Å². The fourth-order valence-corrected chi connectivity index (χ4v) is 4.71. The minimum atomic E-state index is -0.0606. The number of anilines is 1. The third kappa shape index (κ3) is 3.20. The Bertz CT molecular complexity index is 1490. The predicted molar refractivity (Wildman–Crippen MR) is 123 cm³/mol. The Labute approximate surface area is 189 Å². The zero-order valence-corrected chi connectivity index (χ0v) is 18.1. The Balaban J connectivity index is 1.30. The van der Waals surface area contributed by atoms with Gasteiger partial charge in [-0.15, -0.1) is 5.10 Å². The first-order chi connectivity index (χ1) is 16.2. The van der Waals surface area contributed by atoms with E-state index in [2.05, 4.69) is 41.9 Å². The fraction of sp³-hybridized carbons (Fsp3) is 0.304. The number of aromatic nitrogens is 8. The topological polar surface area (TPSA) is 110 Å². The molecule has 0 unspecified atom stereocenters. The predicted octanol–water partition coefficient (Wildman–Crippen LogP) is 1.72. The zero-order valence-electron chi connectivity index (χ0n) is 18.1. The second-order valence-corrected chi connectivity index (χ2v) is 8.19. The van der Waals surface area contributed by atoms with Gasteiger partial charge in [0.25, 0.3) is 0 Å². The van der Waals surface area contributed by atoms with E-state index in [4.69, 9.17) is 4.98 Å². The molecule has 1 saturated heterocycles. The standard InChI is InChI=1S/C23H21N9O/c1-30-20(17-7-5-11-26-29-17)28-19-21(30)24-14-25-22(19)31-12-9-15(10-13-31)32-18-8-4-2-3-6-16(18)27-23(32)33/h4-5,7-8,11,14-15H,6,9-10,12-13H2,1H3,(H,27,33). The number of hydrogen-bond donors (Lipinski definition) is 1. The van der Waals surface area contributed by atoms with Crippen molar-refractivity contribution in [1.82, 2.24) is 39.3 Å². The number of aryl methyl sites for hydroxylation is 1. The van der Waals surface area contributed by atoms with Crippen molar-refractivity contribution in [2.45, 2.75) is 25.3 Å². The molecule has 10 heteroatoms. The third-order valence-electron chi connectivity index (χ3n) is 6.30. The van der Waals surface area contributed by atoms with Gasteiger partial charge in [-0.25, -0.2) is 19.7 Å². The first-order valence-corrected chi connectivity index (χ1v) is 10.9. The Morgan fingerprint density at radius 1 is 1.21 bits per heavy atom. The van der Waals surface area contributed by atoms with Crippen molar-refractivity contribution in [3.8, 4) is 23.4 Å². The van der Waals surface area contributed by atoms with Crippen LogP contribution in [0.1, 0.15) is 30.3 Å². The number of hydrogen-bond acceptors (Lipinski definition) is 7. The summed E-state index contributed by atoms with van der Waals surface area (Å²) in [6, 6.07) is 3.83. The molecule has 6 rings (SSSR count). The van der Waals surface area contributed by atoms with Crippen LogP contribution in [-0.4, -0.2) is 52.4 Å². The van der Waals surface area contributed by atoms with Gasteiger partial charge in [0.15, 0.2) is 22.8 Å². The number of aromatic amines is 1. The summed E-state index contributed by atoms with van der Waals surface area (Å²) in [6.45, 7) is 1.53. The number of nitrogens with one attached hydrogen (secondary N) is 1. The van der Waals surface area contributed by atoms with Gasteiger partial charge in [-0.05, 0) is 37.1 Å². The van der Waals surface area contributed by atoms with Gasteiger partial charge in [0.2, 0.25) is 0 Å². The minimum Gasteiger partial charge on any atom is -0.355 e. The van der Waals surface area contributed by atoms with E-state index < -0.39 is 0 Å². The molecule has 0 bridgehead atoms. The molecule has 0 saturated carbocycles. The highest BCUT2D eigenvalue weighted by Crippen LogP contribution is 2.31. The van der Waals surface area contributed by atoms with Crippen molar-refractivity contribution in [3.63, 3.8) is 0 Å². The zero-order chi connectivity index (χ0) is 22.4. The molecule has 0 atom stereocenters. The summed E-state index contributed by atoms with van der Waals surface area (Å²) in [7, 11) is 1.92. The van der Waals surface area contributed by atoms with Crippen LogP contribution in [0, 0.1) is 11.8 Å². The number of fused-ring (bicyclic) bond motifs is 2. The van der Waals surface area contributed by atoms with Gasteiger partial charge in [-0.1, -0.05) is 11.8 Å². The lowest BCUT2D eigenvalue weighted by Crippen LogP contribution is -2.38. The lowest BCUT2D eigenvalue weighted by Gasteiger charge is -2.33. The number of imidazole rings is 2. The van der Waals surface area contributed by atoms with Crippen molar-refractivity contribution in [2.24, 2.45) is 7.05 Å². The third-order valence-corrected chi connectivity index (χ3v) is 6.30. The van der Waals surface area contributed by atoms with Crippen molar-refractivity contribution >= 4 is 23.1 Å². The molecule has 1 aliphatic heterocycles. The molecule has 0 aromatic carbocycles. The molecule has 0 radical (unpaired) electrons. The quantitative estimate of drug-likeness (QED) is 0.484. The SMILES string of the molecule is Cn1c(-c2cccnn2)nc2c(N3CCC(n4c5c([nH]c4=O)CC#CC=C5)CC3)ncnc21. The number of H-pyrrole nitrogens is 1. The van der Waals surface area contributed by atoms with E-state index >= 15 is 0 Å². The molecular weight excluding hydrogens is 418 g/mol. The summed E-state index contributed by atoms with van der Waals surface area (Å²) in [6.07, 6.45) is 9.19. The van der Waals surface area contributed by atoms with E-state index in [1.54, 1.807) is 12.5 Å². The van der Waals surface area contributed by atoms with Gasteiger partial charge in [-0.3, -0.25) is 4.57 Å². The number of rotatable bonds is 3. The molecule has 1 fully saturated rings. The van der Waals surface area contributed by atoms with Gasteiger partial charge in [0.1, 0.15) is 12.0 Å². The average molecular weight is 439 g/mol. The molecule has 4 aromatic heterocycles. The van der Waals surface area contributed by atoms with Gasteiger partial charge in [-0.2, -0.15) is 5.10 Å². The summed E-state index contributed by atoms with van der Waals surface area (Å²) in [5.41, 5.74) is 3.94. The van der Waals surface area contributed by atoms with Crippen molar-refractivity contribution < 1.29 is 0 Å². The van der Waals surface area contributed by atoms with Gasteiger partial charge in [0, 0.05) is 32.4 Å². The first-order valence-electron chi connectivity index (χ1n) is 10.9. The Morgan fingerprint density at radius 2 is 2.09 bits per heavy atom. The first kappa shape index (κ1) is 19.4. The normalized spacial score (nSPS) is 15.8. The van der Waals surface area contributed by atoms with Crippen LogP contribution in [0.15, 0.2) is 35.5 Å². The van der Waals surface area contributed by atoms with Crippen molar-refractivity contribution in [1.29, 1.82) is 0 Å². The summed E-state index contributed by atoms with van der Waals surface area (Å²) in [5, 5.41) is 8.16. The van der Waals surface area contributed by atoms with Crippen LogP contribution in [0.4, 0.5) is 5.82 Å². The summed E-state index contributed by atoms with van der Waals surface area (Å²) in [4.78, 5) is 31.7. The smallest absolute Gasteiger partial charge is 0.326 e. The largest absolute Gasteiger partial charge is 0.355 e. The van der Waals surface area contributed by atoms with Crippen LogP contribution in [-0.2, 0) is 13.5 Å². The molecule has 1 N–H and O–H groups in total. The van der Waals surface area contributed by atoms with E-state index in [9.17, 15) is 4.79 Å². The second kappa shape index (κ2) is 7.70. The summed E-state index contributed by atoms with van der Waals surface area (Å²) < 4.78 is 3.81. The van der Waals surface area contributed by atoms with Crippen molar-refractivity contribution in [2.75, 3.05) is 18.0 Å². The fourth-order valence-electron chi connectivity index (χ4n) is 4.71. The lowest BCUT2D eigenvalue weighted by molar-refractivity contribution is 0.386. The molecule has 5 heterocycles. The molecule has 1 aliphatic carbocycles. The lowest BCUT2D eigenvalue weighted by atomic mass is 10.0. The molecular formula is C23H21N9O. The van der Waals surface area contributed by atoms with Crippen LogP contribution in [0.25, 0.3) is 28.8 Å². The highest BCUT2D eigenvalue weighted by molar-refractivity contribution is 5.86. The molecule has 10 nitrogen and oxygen atoms in total. The molecule has 0 amide bonds. The number of allylic oxidation sites excluding steroid dienone is 1.